The molecule has 0 fully saturated rings. The summed E-state index contributed by atoms with van der Waals surface area (Å²) in [4.78, 5) is 0.794. The van der Waals surface area contributed by atoms with Gasteiger partial charge in [0.2, 0.25) is 0 Å². The molecule has 124 valence electrons. The molecular formula is C19H16F2O2S. The average molecular weight is 346 g/mol. The normalized spacial score (nSPS) is 17.0. The Morgan fingerprint density at radius 1 is 1.17 bits per heavy atom. The predicted molar refractivity (Wildman–Crippen MR) is 90.3 cm³/mol. The summed E-state index contributed by atoms with van der Waals surface area (Å²) >= 11 is 1.37. The Balaban J connectivity index is 1.92. The summed E-state index contributed by atoms with van der Waals surface area (Å²) in [6.07, 6.45) is -1.00. The largest absolute Gasteiger partial charge is 0.460 e. The van der Waals surface area contributed by atoms with Crippen molar-refractivity contribution in [2.45, 2.75) is 36.5 Å². The second-order valence-electron chi connectivity index (χ2n) is 6.33. The first kappa shape index (κ1) is 15.7. The lowest BCUT2D eigenvalue weighted by Gasteiger charge is -2.14. The molecule has 0 bridgehead atoms. The van der Waals surface area contributed by atoms with Crippen LogP contribution in [0.3, 0.4) is 0 Å². The Kier molecular flexibility index (Phi) is 3.66. The number of aliphatic hydroxyl groups excluding tert-OH is 1. The van der Waals surface area contributed by atoms with Gasteiger partial charge in [-0.1, -0.05) is 32.0 Å². The van der Waals surface area contributed by atoms with Gasteiger partial charge >= 0.3 is 0 Å². The fourth-order valence-electron chi connectivity index (χ4n) is 3.08. The van der Waals surface area contributed by atoms with Gasteiger partial charge in [-0.3, -0.25) is 0 Å². The third-order valence-corrected chi connectivity index (χ3v) is 5.58. The quantitative estimate of drug-likeness (QED) is 0.630. The molecule has 0 radical (unpaired) electrons. The van der Waals surface area contributed by atoms with Gasteiger partial charge in [0, 0.05) is 28.2 Å². The Labute approximate surface area is 142 Å². The van der Waals surface area contributed by atoms with Gasteiger partial charge in [0.15, 0.2) is 11.6 Å². The highest BCUT2D eigenvalue weighted by Gasteiger charge is 2.28. The summed E-state index contributed by atoms with van der Waals surface area (Å²) in [5, 5.41) is 11.7. The van der Waals surface area contributed by atoms with Crippen LogP contribution in [0.4, 0.5) is 8.78 Å². The van der Waals surface area contributed by atoms with Crippen LogP contribution in [0.1, 0.15) is 48.3 Å². The monoisotopic (exact) mass is 346 g/mol. The first-order chi connectivity index (χ1) is 11.5. The highest BCUT2D eigenvalue weighted by molar-refractivity contribution is 7.98. The van der Waals surface area contributed by atoms with Crippen LogP contribution >= 0.6 is 11.8 Å². The van der Waals surface area contributed by atoms with E-state index in [-0.39, 0.29) is 17.2 Å². The van der Waals surface area contributed by atoms with E-state index in [1.807, 2.05) is 32.0 Å². The number of fused-ring (bicyclic) bond motifs is 4. The number of thioether (sulfide) groups is 1. The molecule has 0 spiro atoms. The van der Waals surface area contributed by atoms with E-state index in [2.05, 4.69) is 0 Å². The number of benzene rings is 2. The first-order valence-corrected chi connectivity index (χ1v) is 8.80. The van der Waals surface area contributed by atoms with Crippen molar-refractivity contribution in [1.82, 2.24) is 0 Å². The number of rotatable bonds is 1. The second-order valence-corrected chi connectivity index (χ2v) is 7.31. The van der Waals surface area contributed by atoms with E-state index < -0.39 is 17.7 Å². The Bertz CT molecular complexity index is 946. The summed E-state index contributed by atoms with van der Waals surface area (Å²) in [6, 6.07) is 8.25. The molecule has 1 N–H and O–H groups in total. The van der Waals surface area contributed by atoms with E-state index in [9.17, 15) is 13.9 Å². The highest BCUT2D eigenvalue weighted by Crippen LogP contribution is 2.44. The smallest absolute Gasteiger partial charge is 0.163 e. The van der Waals surface area contributed by atoms with Crippen LogP contribution in [0.25, 0.3) is 11.0 Å². The molecule has 1 aliphatic rings. The van der Waals surface area contributed by atoms with E-state index in [4.69, 9.17) is 4.42 Å². The minimum atomic E-state index is -1.00. The third-order valence-electron chi connectivity index (χ3n) is 4.44. The number of aliphatic hydroxyl groups is 1. The van der Waals surface area contributed by atoms with Crippen molar-refractivity contribution in [2.75, 3.05) is 0 Å². The van der Waals surface area contributed by atoms with Gasteiger partial charge in [-0.05, 0) is 17.7 Å². The highest BCUT2D eigenvalue weighted by atomic mass is 32.2. The van der Waals surface area contributed by atoms with Crippen molar-refractivity contribution < 1.29 is 18.3 Å². The van der Waals surface area contributed by atoms with E-state index in [0.29, 0.717) is 16.7 Å². The molecule has 24 heavy (non-hydrogen) atoms. The van der Waals surface area contributed by atoms with E-state index >= 15 is 0 Å². The zero-order valence-corrected chi connectivity index (χ0v) is 14.1. The number of hydrogen-bond donors (Lipinski definition) is 1. The Hall–Kier alpha value is -1.85. The molecule has 0 saturated heterocycles. The summed E-state index contributed by atoms with van der Waals surface area (Å²) in [5.74, 6) is -0.409. The van der Waals surface area contributed by atoms with Crippen molar-refractivity contribution >= 4 is 22.7 Å². The van der Waals surface area contributed by atoms with Crippen LogP contribution in [-0.4, -0.2) is 5.11 Å². The van der Waals surface area contributed by atoms with Gasteiger partial charge in [-0.2, -0.15) is 0 Å². The molecule has 0 saturated carbocycles. The van der Waals surface area contributed by atoms with Gasteiger partial charge in [-0.15, -0.1) is 11.8 Å². The van der Waals surface area contributed by atoms with Crippen LogP contribution in [0, 0.1) is 11.6 Å². The Morgan fingerprint density at radius 3 is 2.67 bits per heavy atom. The van der Waals surface area contributed by atoms with Crippen molar-refractivity contribution in [3.8, 4) is 0 Å². The molecule has 1 atom stereocenters. The first-order valence-electron chi connectivity index (χ1n) is 7.81. The molecule has 2 aromatic carbocycles. The lowest BCUT2D eigenvalue weighted by atomic mass is 9.96. The van der Waals surface area contributed by atoms with Crippen LogP contribution in [-0.2, 0) is 5.75 Å². The second kappa shape index (κ2) is 5.60. The molecule has 2 nitrogen and oxygen atoms in total. The third kappa shape index (κ3) is 2.26. The van der Waals surface area contributed by atoms with Crippen LogP contribution in [0.5, 0.6) is 0 Å². The molecule has 0 aliphatic carbocycles. The summed E-state index contributed by atoms with van der Waals surface area (Å²) in [6.45, 7) is 4.10. The molecule has 1 aromatic heterocycles. The van der Waals surface area contributed by atoms with Crippen molar-refractivity contribution in [1.29, 1.82) is 0 Å². The number of furan rings is 1. The van der Waals surface area contributed by atoms with Crippen molar-refractivity contribution in [3.63, 3.8) is 0 Å². The SMILES string of the molecule is CC(C)c1cc2ccc3c(c2o1)SCc1c(ccc(F)c1F)C3O. The maximum absolute atomic E-state index is 14.2. The molecule has 1 unspecified atom stereocenters. The standard InChI is InChI=1S/C19H16F2O2S/c1-9(2)15-7-10-3-4-12-17(22)11-5-6-14(20)16(21)13(11)8-24-19(12)18(10)23-15/h3-7,9,17,22H,8H2,1-2H3. The van der Waals surface area contributed by atoms with Gasteiger partial charge in [0.25, 0.3) is 0 Å². The lowest BCUT2D eigenvalue weighted by molar-refractivity contribution is 0.216. The molecule has 0 amide bonds. The fraction of sp³-hybridized carbons (Fsp3) is 0.263. The summed E-state index contributed by atoms with van der Waals surface area (Å²) in [5.41, 5.74) is 2.00. The minimum absolute atomic E-state index is 0.215. The summed E-state index contributed by atoms with van der Waals surface area (Å²) < 4.78 is 33.7. The zero-order chi connectivity index (χ0) is 17.0. The van der Waals surface area contributed by atoms with E-state index in [1.165, 1.54) is 17.8 Å². The topological polar surface area (TPSA) is 33.4 Å². The van der Waals surface area contributed by atoms with Gasteiger partial charge in [0.1, 0.15) is 17.4 Å². The zero-order valence-electron chi connectivity index (χ0n) is 13.3. The number of halogens is 2. The Morgan fingerprint density at radius 2 is 1.92 bits per heavy atom. The minimum Gasteiger partial charge on any atom is -0.460 e. The summed E-state index contributed by atoms with van der Waals surface area (Å²) in [7, 11) is 0. The molecule has 4 rings (SSSR count). The maximum Gasteiger partial charge on any atom is 0.163 e. The average Bonchev–Trinajstić information content (AvgIpc) is 2.94. The molecule has 2 heterocycles. The van der Waals surface area contributed by atoms with Gasteiger partial charge in [-0.25, -0.2) is 8.78 Å². The maximum atomic E-state index is 14.2. The van der Waals surface area contributed by atoms with Gasteiger partial charge < -0.3 is 9.52 Å². The van der Waals surface area contributed by atoms with E-state index in [1.54, 1.807) is 0 Å². The van der Waals surface area contributed by atoms with E-state index in [0.717, 1.165) is 22.1 Å². The number of hydrogen-bond acceptors (Lipinski definition) is 3. The molecule has 1 aliphatic heterocycles. The van der Waals surface area contributed by atoms with Crippen molar-refractivity contribution in [2.24, 2.45) is 0 Å². The molecule has 3 aromatic rings. The molecule has 5 heteroatoms. The van der Waals surface area contributed by atoms with Gasteiger partial charge in [0.05, 0.1) is 4.90 Å². The van der Waals surface area contributed by atoms with Crippen LogP contribution in [0.15, 0.2) is 39.6 Å². The van der Waals surface area contributed by atoms with Crippen LogP contribution in [0.2, 0.25) is 0 Å². The van der Waals surface area contributed by atoms with Crippen molar-refractivity contribution in [3.05, 3.63) is 64.4 Å². The lowest BCUT2D eigenvalue weighted by Crippen LogP contribution is -2.05. The fourth-order valence-corrected chi connectivity index (χ4v) is 4.30. The molecular weight excluding hydrogens is 330 g/mol. The van der Waals surface area contributed by atoms with Crippen LogP contribution < -0.4 is 0 Å². The predicted octanol–water partition coefficient (Wildman–Crippen LogP) is 5.52.